The Morgan fingerprint density at radius 2 is 1.79 bits per heavy atom. The van der Waals surface area contributed by atoms with E-state index in [1.807, 2.05) is 54.4 Å². The van der Waals surface area contributed by atoms with Crippen molar-refractivity contribution in [3.8, 4) is 0 Å². The number of para-hydroxylation sites is 1. The molecule has 1 saturated heterocycles. The topological polar surface area (TPSA) is 69.3 Å². The number of amides is 1. The quantitative estimate of drug-likeness (QED) is 0.743. The lowest BCUT2D eigenvalue weighted by molar-refractivity contribution is 0.0793. The number of fused-ring (bicyclic) bond motifs is 1. The molecule has 2 aromatic carbocycles. The molecule has 2 heterocycles. The third-order valence-corrected chi connectivity index (χ3v) is 5.13. The number of hydrogen-bond acceptors (Lipinski definition) is 4. The number of carbonyl (C=O) groups excluding carboxylic acids is 1. The van der Waals surface area contributed by atoms with Crippen molar-refractivity contribution in [3.63, 3.8) is 0 Å². The number of aromatic nitrogens is 2. The van der Waals surface area contributed by atoms with Crippen LogP contribution in [-0.4, -0.2) is 45.8 Å². The monoisotopic (exact) mass is 376 g/mol. The van der Waals surface area contributed by atoms with E-state index in [9.17, 15) is 9.59 Å². The first-order chi connectivity index (χ1) is 13.6. The molecule has 28 heavy (non-hydrogen) atoms. The van der Waals surface area contributed by atoms with E-state index in [-0.39, 0.29) is 11.5 Å². The molecule has 4 rings (SSSR count). The van der Waals surface area contributed by atoms with Gasteiger partial charge in [0.2, 0.25) is 0 Å². The molecule has 1 fully saturated rings. The van der Waals surface area contributed by atoms with Crippen molar-refractivity contribution < 1.29 is 4.79 Å². The van der Waals surface area contributed by atoms with Crippen molar-refractivity contribution in [2.24, 2.45) is 0 Å². The van der Waals surface area contributed by atoms with Crippen molar-refractivity contribution in [1.29, 1.82) is 0 Å². The van der Waals surface area contributed by atoms with Crippen LogP contribution in [0.2, 0.25) is 0 Å². The van der Waals surface area contributed by atoms with Gasteiger partial charge in [0.15, 0.2) is 0 Å². The Morgan fingerprint density at radius 3 is 2.54 bits per heavy atom. The predicted molar refractivity (Wildman–Crippen MR) is 109 cm³/mol. The molecule has 3 aromatic rings. The number of hydrogen-bond donors (Lipinski definition) is 1. The Kier molecular flexibility index (Phi) is 5.21. The van der Waals surface area contributed by atoms with E-state index in [1.54, 1.807) is 6.07 Å². The molecule has 1 N–H and O–H groups in total. The van der Waals surface area contributed by atoms with Crippen LogP contribution in [0.4, 0.5) is 0 Å². The Hall–Kier alpha value is -2.99. The molecule has 0 bridgehead atoms. The molecule has 1 aromatic heterocycles. The van der Waals surface area contributed by atoms with Crippen LogP contribution >= 0.6 is 0 Å². The van der Waals surface area contributed by atoms with Crippen LogP contribution in [0.5, 0.6) is 0 Å². The van der Waals surface area contributed by atoms with Gasteiger partial charge in [0.05, 0.1) is 17.4 Å². The maximum absolute atomic E-state index is 12.4. The third kappa shape index (κ3) is 3.97. The standard InChI is InChI=1S/C22H24N4O2/c1-25(15-20-23-19-7-3-2-6-18(19)21(27)24-20)14-16-8-10-17(11-9-16)22(28)26-12-4-5-13-26/h2-3,6-11H,4-5,12-15H2,1H3,(H,23,24,27). The van der Waals surface area contributed by atoms with Gasteiger partial charge in [0.1, 0.15) is 5.82 Å². The lowest BCUT2D eigenvalue weighted by Gasteiger charge is -2.18. The highest BCUT2D eigenvalue weighted by atomic mass is 16.2. The van der Waals surface area contributed by atoms with Crippen LogP contribution in [0.1, 0.15) is 34.6 Å². The highest BCUT2D eigenvalue weighted by molar-refractivity contribution is 5.94. The van der Waals surface area contributed by atoms with Crippen molar-refractivity contribution in [2.45, 2.75) is 25.9 Å². The Balaban J connectivity index is 1.41. The summed E-state index contributed by atoms with van der Waals surface area (Å²) in [7, 11) is 1.98. The van der Waals surface area contributed by atoms with E-state index in [1.165, 1.54) is 0 Å². The maximum atomic E-state index is 12.4. The smallest absolute Gasteiger partial charge is 0.258 e. The second-order valence-corrected chi connectivity index (χ2v) is 7.40. The van der Waals surface area contributed by atoms with Gasteiger partial charge in [-0.3, -0.25) is 14.5 Å². The summed E-state index contributed by atoms with van der Waals surface area (Å²) in [6.07, 6.45) is 2.19. The number of aromatic amines is 1. The van der Waals surface area contributed by atoms with Crippen LogP contribution in [0.25, 0.3) is 10.9 Å². The number of likely N-dealkylation sites (tertiary alicyclic amines) is 1. The second-order valence-electron chi connectivity index (χ2n) is 7.40. The molecule has 0 unspecified atom stereocenters. The van der Waals surface area contributed by atoms with Crippen molar-refractivity contribution in [3.05, 3.63) is 75.8 Å². The van der Waals surface area contributed by atoms with Crippen molar-refractivity contribution in [2.75, 3.05) is 20.1 Å². The van der Waals surface area contributed by atoms with E-state index in [4.69, 9.17) is 0 Å². The fraction of sp³-hybridized carbons (Fsp3) is 0.318. The molecule has 144 valence electrons. The van der Waals surface area contributed by atoms with Gasteiger partial charge in [0, 0.05) is 25.2 Å². The lowest BCUT2D eigenvalue weighted by atomic mass is 10.1. The third-order valence-electron chi connectivity index (χ3n) is 5.13. The van der Waals surface area contributed by atoms with E-state index in [2.05, 4.69) is 14.9 Å². The van der Waals surface area contributed by atoms with Gasteiger partial charge in [-0.05, 0) is 49.7 Å². The molecule has 6 nitrogen and oxygen atoms in total. The van der Waals surface area contributed by atoms with Gasteiger partial charge in [-0.2, -0.15) is 0 Å². The molecular formula is C22H24N4O2. The van der Waals surface area contributed by atoms with E-state index < -0.39 is 0 Å². The molecule has 0 atom stereocenters. The van der Waals surface area contributed by atoms with E-state index in [0.29, 0.717) is 29.8 Å². The first-order valence-corrected chi connectivity index (χ1v) is 9.65. The SMILES string of the molecule is CN(Cc1ccc(C(=O)N2CCCC2)cc1)Cc1nc2ccccc2c(=O)[nH]1. The van der Waals surface area contributed by atoms with E-state index in [0.717, 1.165) is 37.1 Å². The van der Waals surface area contributed by atoms with Gasteiger partial charge in [-0.25, -0.2) is 4.98 Å². The number of H-pyrrole nitrogens is 1. The molecule has 0 aliphatic carbocycles. The van der Waals surface area contributed by atoms with Crippen LogP contribution in [0.3, 0.4) is 0 Å². The molecule has 0 saturated carbocycles. The fourth-order valence-electron chi connectivity index (χ4n) is 3.69. The summed E-state index contributed by atoms with van der Waals surface area (Å²) < 4.78 is 0. The minimum atomic E-state index is -0.112. The molecule has 1 amide bonds. The Bertz CT molecular complexity index is 1040. The normalized spacial score (nSPS) is 14.1. The minimum Gasteiger partial charge on any atom is -0.339 e. The van der Waals surface area contributed by atoms with Crippen LogP contribution in [-0.2, 0) is 13.1 Å². The largest absolute Gasteiger partial charge is 0.339 e. The zero-order valence-corrected chi connectivity index (χ0v) is 16.0. The summed E-state index contributed by atoms with van der Waals surface area (Å²) in [4.78, 5) is 36.1. The average Bonchev–Trinajstić information content (AvgIpc) is 3.23. The first kappa shape index (κ1) is 18.4. The minimum absolute atomic E-state index is 0.112. The summed E-state index contributed by atoms with van der Waals surface area (Å²) in [6, 6.07) is 15.1. The lowest BCUT2D eigenvalue weighted by Crippen LogP contribution is -2.27. The number of nitrogens with one attached hydrogen (secondary N) is 1. The van der Waals surface area contributed by atoms with Crippen molar-refractivity contribution in [1.82, 2.24) is 19.8 Å². The Morgan fingerprint density at radius 1 is 1.07 bits per heavy atom. The summed E-state index contributed by atoms with van der Waals surface area (Å²) in [5, 5.41) is 0.604. The van der Waals surface area contributed by atoms with Gasteiger partial charge < -0.3 is 9.88 Å². The number of rotatable bonds is 5. The molecule has 0 radical (unpaired) electrons. The van der Waals surface area contributed by atoms with E-state index >= 15 is 0 Å². The highest BCUT2D eigenvalue weighted by Gasteiger charge is 2.19. The average molecular weight is 376 g/mol. The van der Waals surface area contributed by atoms with Gasteiger partial charge in [0.25, 0.3) is 11.5 Å². The molecule has 1 aliphatic heterocycles. The van der Waals surface area contributed by atoms with Crippen LogP contribution < -0.4 is 5.56 Å². The van der Waals surface area contributed by atoms with Crippen LogP contribution in [0, 0.1) is 0 Å². The predicted octanol–water partition coefficient (Wildman–Crippen LogP) is 2.79. The fourth-order valence-corrected chi connectivity index (χ4v) is 3.69. The van der Waals surface area contributed by atoms with Crippen LogP contribution in [0.15, 0.2) is 53.3 Å². The van der Waals surface area contributed by atoms with Gasteiger partial charge in [-0.1, -0.05) is 24.3 Å². The van der Waals surface area contributed by atoms with Gasteiger partial charge in [-0.15, -0.1) is 0 Å². The number of carbonyl (C=O) groups is 1. The zero-order valence-electron chi connectivity index (χ0n) is 16.0. The zero-order chi connectivity index (χ0) is 19.5. The molecular weight excluding hydrogens is 352 g/mol. The first-order valence-electron chi connectivity index (χ1n) is 9.65. The van der Waals surface area contributed by atoms with Crippen molar-refractivity contribution >= 4 is 16.8 Å². The maximum Gasteiger partial charge on any atom is 0.258 e. The highest BCUT2D eigenvalue weighted by Crippen LogP contribution is 2.15. The summed E-state index contributed by atoms with van der Waals surface area (Å²) in [5.74, 6) is 0.766. The second kappa shape index (κ2) is 7.94. The Labute approximate surface area is 163 Å². The van der Waals surface area contributed by atoms with Gasteiger partial charge >= 0.3 is 0 Å². The summed E-state index contributed by atoms with van der Waals surface area (Å²) >= 11 is 0. The molecule has 1 aliphatic rings. The number of nitrogens with zero attached hydrogens (tertiary/aromatic N) is 3. The summed E-state index contributed by atoms with van der Waals surface area (Å²) in [6.45, 7) is 2.96. The molecule has 0 spiro atoms. The number of benzene rings is 2. The molecule has 6 heteroatoms. The summed E-state index contributed by atoms with van der Waals surface area (Å²) in [5.41, 5.74) is 2.45.